The Kier molecular flexibility index (Phi) is 2.44. The Balaban J connectivity index is 2.72. The third-order valence-electron chi connectivity index (χ3n) is 1.22. The Morgan fingerprint density at radius 3 is 2.45 bits per heavy atom. The van der Waals surface area contributed by atoms with Crippen LogP contribution in [0, 0.1) is 0 Å². The lowest BCUT2D eigenvalue weighted by molar-refractivity contribution is -0.131. The van der Waals surface area contributed by atoms with E-state index in [0.29, 0.717) is 0 Å². The summed E-state index contributed by atoms with van der Waals surface area (Å²) in [4.78, 5) is 10.1. The minimum Gasteiger partial charge on any atom is -0.478 e. The average Bonchev–Trinajstić information content (AvgIpc) is 2.03. The summed E-state index contributed by atoms with van der Waals surface area (Å²) in [6, 6.07) is 9.31. The van der Waals surface area contributed by atoms with Crippen LogP contribution in [-0.4, -0.2) is 11.1 Å². The van der Waals surface area contributed by atoms with Gasteiger partial charge in [-0.3, -0.25) is 0 Å². The Bertz CT molecular complexity index is 262. The van der Waals surface area contributed by atoms with E-state index in [1.165, 1.54) is 0 Å². The Hall–Kier alpha value is -1.57. The van der Waals surface area contributed by atoms with Crippen molar-refractivity contribution in [2.24, 2.45) is 0 Å². The Morgan fingerprint density at radius 2 is 1.91 bits per heavy atom. The van der Waals surface area contributed by atoms with E-state index in [1.54, 1.807) is 6.08 Å². The number of carbonyl (C=O) groups is 1. The minimum absolute atomic E-state index is 0.898. The molecule has 0 aliphatic carbocycles. The van der Waals surface area contributed by atoms with Gasteiger partial charge >= 0.3 is 5.97 Å². The Morgan fingerprint density at radius 1 is 1.27 bits per heavy atom. The van der Waals surface area contributed by atoms with Gasteiger partial charge in [0, 0.05) is 6.08 Å². The molecule has 2 nitrogen and oxygen atoms in total. The standard InChI is InChI=1S/C9H8O2/c10-9(11)7-6-8-4-2-1-3-5-8/h1-7H,(H,10,11)/b7-6-/i9+1. The summed E-state index contributed by atoms with van der Waals surface area (Å²) in [5.74, 6) is -0.922. The quantitative estimate of drug-likeness (QED) is 0.514. The molecular weight excluding hydrogens is 141 g/mol. The smallest absolute Gasteiger partial charge is 0.328 e. The lowest BCUT2D eigenvalue weighted by Crippen LogP contribution is -1.85. The van der Waals surface area contributed by atoms with Gasteiger partial charge in [-0.1, -0.05) is 30.3 Å². The van der Waals surface area contributed by atoms with Gasteiger partial charge < -0.3 is 5.11 Å². The van der Waals surface area contributed by atoms with Crippen molar-refractivity contribution in [3.63, 3.8) is 0 Å². The van der Waals surface area contributed by atoms with Crippen molar-refractivity contribution in [2.45, 2.75) is 0 Å². The van der Waals surface area contributed by atoms with Crippen LogP contribution in [0.4, 0.5) is 0 Å². The second kappa shape index (κ2) is 3.56. The molecule has 0 aliphatic rings. The fraction of sp³-hybridized carbons (Fsp3) is 0. The van der Waals surface area contributed by atoms with Gasteiger partial charge in [-0.25, -0.2) is 4.79 Å². The van der Waals surface area contributed by atoms with Crippen molar-refractivity contribution in [2.75, 3.05) is 0 Å². The molecular formula is C9H8O2. The van der Waals surface area contributed by atoms with Crippen LogP contribution in [-0.2, 0) is 4.79 Å². The van der Waals surface area contributed by atoms with Crippen LogP contribution in [0.5, 0.6) is 0 Å². The zero-order chi connectivity index (χ0) is 8.10. The number of benzene rings is 1. The summed E-state index contributed by atoms with van der Waals surface area (Å²) in [5.41, 5.74) is 0.898. The summed E-state index contributed by atoms with van der Waals surface area (Å²) in [6.45, 7) is 0. The molecule has 0 saturated heterocycles. The summed E-state index contributed by atoms with van der Waals surface area (Å²) in [6.07, 6.45) is 2.68. The first kappa shape index (κ1) is 7.54. The van der Waals surface area contributed by atoms with Gasteiger partial charge in [0.15, 0.2) is 0 Å². The van der Waals surface area contributed by atoms with Crippen LogP contribution in [0.2, 0.25) is 0 Å². The number of hydrogen-bond acceptors (Lipinski definition) is 1. The van der Waals surface area contributed by atoms with E-state index in [1.807, 2.05) is 30.3 Å². The maximum absolute atomic E-state index is 10.1. The van der Waals surface area contributed by atoms with Crippen LogP contribution in [0.3, 0.4) is 0 Å². The zero-order valence-corrected chi connectivity index (χ0v) is 5.90. The first-order chi connectivity index (χ1) is 5.29. The van der Waals surface area contributed by atoms with Crippen molar-refractivity contribution in [3.05, 3.63) is 42.0 Å². The van der Waals surface area contributed by atoms with Gasteiger partial charge in [0.1, 0.15) is 0 Å². The van der Waals surface area contributed by atoms with E-state index in [2.05, 4.69) is 0 Å². The van der Waals surface area contributed by atoms with Crippen molar-refractivity contribution in [1.82, 2.24) is 0 Å². The summed E-state index contributed by atoms with van der Waals surface area (Å²) < 4.78 is 0. The van der Waals surface area contributed by atoms with Crippen molar-refractivity contribution < 1.29 is 9.90 Å². The first-order valence-corrected chi connectivity index (χ1v) is 3.25. The molecule has 0 saturated carbocycles. The average molecular weight is 149 g/mol. The monoisotopic (exact) mass is 149 g/mol. The topological polar surface area (TPSA) is 37.3 Å². The van der Waals surface area contributed by atoms with Crippen LogP contribution in [0.25, 0.3) is 6.08 Å². The summed E-state index contributed by atoms with van der Waals surface area (Å²) in [7, 11) is 0. The van der Waals surface area contributed by atoms with Crippen LogP contribution >= 0.6 is 0 Å². The molecule has 0 unspecified atom stereocenters. The summed E-state index contributed by atoms with van der Waals surface area (Å²) in [5, 5.41) is 8.29. The molecule has 56 valence electrons. The normalized spacial score (nSPS) is 10.2. The predicted octanol–water partition coefficient (Wildman–Crippen LogP) is 1.78. The molecule has 0 atom stereocenters. The van der Waals surface area contributed by atoms with E-state index < -0.39 is 5.97 Å². The maximum atomic E-state index is 10.1. The van der Waals surface area contributed by atoms with Crippen molar-refractivity contribution in [3.8, 4) is 0 Å². The highest BCUT2D eigenvalue weighted by Crippen LogP contribution is 1.99. The molecule has 1 rings (SSSR count). The van der Waals surface area contributed by atoms with Gasteiger partial charge in [-0.05, 0) is 11.6 Å². The molecule has 0 heterocycles. The van der Waals surface area contributed by atoms with Gasteiger partial charge in [-0.15, -0.1) is 0 Å². The molecule has 0 aliphatic heterocycles. The van der Waals surface area contributed by atoms with Gasteiger partial charge in [-0.2, -0.15) is 0 Å². The Labute approximate surface area is 64.8 Å². The molecule has 11 heavy (non-hydrogen) atoms. The molecule has 0 bridgehead atoms. The lowest BCUT2D eigenvalue weighted by atomic mass is 10.2. The summed E-state index contributed by atoms with van der Waals surface area (Å²) >= 11 is 0. The molecule has 0 fully saturated rings. The molecule has 1 aromatic rings. The highest BCUT2D eigenvalue weighted by atomic mass is 16.5. The van der Waals surface area contributed by atoms with Gasteiger partial charge in [0.05, 0.1) is 0 Å². The van der Waals surface area contributed by atoms with Crippen LogP contribution < -0.4 is 0 Å². The van der Waals surface area contributed by atoms with E-state index in [-0.39, 0.29) is 0 Å². The molecule has 0 radical (unpaired) electrons. The fourth-order valence-electron chi connectivity index (χ4n) is 0.732. The van der Waals surface area contributed by atoms with Crippen LogP contribution in [0.15, 0.2) is 36.4 Å². The minimum atomic E-state index is -0.922. The highest BCUT2D eigenvalue weighted by molar-refractivity contribution is 5.85. The highest BCUT2D eigenvalue weighted by Gasteiger charge is 1.85. The number of carboxylic acid groups (broad SMARTS) is 1. The van der Waals surface area contributed by atoms with E-state index in [9.17, 15) is 4.79 Å². The van der Waals surface area contributed by atoms with Crippen molar-refractivity contribution in [1.29, 1.82) is 0 Å². The number of rotatable bonds is 2. The van der Waals surface area contributed by atoms with E-state index >= 15 is 0 Å². The third kappa shape index (κ3) is 2.67. The third-order valence-corrected chi connectivity index (χ3v) is 1.22. The SMILES string of the molecule is O=[13C](O)/C=C\c1ccccc1. The molecule has 1 aromatic carbocycles. The van der Waals surface area contributed by atoms with E-state index in [0.717, 1.165) is 11.6 Å². The first-order valence-electron chi connectivity index (χ1n) is 3.25. The number of aliphatic carboxylic acids is 1. The lowest BCUT2D eigenvalue weighted by Gasteiger charge is -1.87. The number of carboxylic acids is 1. The molecule has 1 N–H and O–H groups in total. The van der Waals surface area contributed by atoms with Crippen molar-refractivity contribution >= 4 is 12.0 Å². The second-order valence-corrected chi connectivity index (χ2v) is 2.08. The number of hydrogen-bond donors (Lipinski definition) is 1. The predicted molar refractivity (Wildman–Crippen MR) is 43.1 cm³/mol. The molecule has 0 spiro atoms. The fourth-order valence-corrected chi connectivity index (χ4v) is 0.732. The largest absolute Gasteiger partial charge is 0.478 e. The van der Waals surface area contributed by atoms with E-state index in [4.69, 9.17) is 5.11 Å². The van der Waals surface area contributed by atoms with Gasteiger partial charge in [0.2, 0.25) is 0 Å². The van der Waals surface area contributed by atoms with Crippen LogP contribution in [0.1, 0.15) is 5.56 Å². The molecule has 2 heteroatoms. The zero-order valence-electron chi connectivity index (χ0n) is 5.90. The second-order valence-electron chi connectivity index (χ2n) is 2.08. The maximum Gasteiger partial charge on any atom is 0.328 e. The molecule has 0 amide bonds. The molecule has 0 aromatic heterocycles. The van der Waals surface area contributed by atoms with Gasteiger partial charge in [0.25, 0.3) is 0 Å².